The maximum Gasteiger partial charge on any atom is 0.237 e. The largest absolute Gasteiger partial charge is 0.352 e. The van der Waals surface area contributed by atoms with Crippen molar-refractivity contribution in [1.29, 1.82) is 0 Å². The number of amides is 1. The van der Waals surface area contributed by atoms with Gasteiger partial charge in [0.2, 0.25) is 5.91 Å². The lowest BCUT2D eigenvalue weighted by Crippen LogP contribution is -2.53. The highest BCUT2D eigenvalue weighted by Crippen LogP contribution is 2.28. The smallest absolute Gasteiger partial charge is 0.237 e. The van der Waals surface area contributed by atoms with E-state index in [1.165, 1.54) is 4.88 Å². The van der Waals surface area contributed by atoms with Crippen molar-refractivity contribution in [2.75, 3.05) is 26.2 Å². The standard InChI is InChI=1S/C18H24N4OS2/c1-13(17(23)19-14-4-5-14)22-8-6-21(7-9-22)11-15-12-25-18(20-15)16-3-2-10-24-16/h2-3,10,12-14H,4-9,11H2,1H3,(H,19,23). The molecule has 1 unspecified atom stereocenters. The Kier molecular flexibility index (Phi) is 5.17. The van der Waals surface area contributed by atoms with Gasteiger partial charge in [-0.05, 0) is 31.2 Å². The second kappa shape index (κ2) is 7.53. The number of carbonyl (C=O) groups excluding carboxylic acids is 1. The zero-order valence-corrected chi connectivity index (χ0v) is 16.1. The zero-order valence-electron chi connectivity index (χ0n) is 14.5. The molecule has 1 saturated heterocycles. The van der Waals surface area contributed by atoms with Crippen LogP contribution in [0.25, 0.3) is 9.88 Å². The van der Waals surface area contributed by atoms with Crippen molar-refractivity contribution < 1.29 is 4.79 Å². The summed E-state index contributed by atoms with van der Waals surface area (Å²) in [6.07, 6.45) is 2.29. The summed E-state index contributed by atoms with van der Waals surface area (Å²) in [7, 11) is 0. The molecule has 2 aliphatic rings. The third kappa shape index (κ3) is 4.28. The number of hydrogen-bond donors (Lipinski definition) is 1. The number of piperazine rings is 1. The molecule has 25 heavy (non-hydrogen) atoms. The molecule has 3 heterocycles. The van der Waals surface area contributed by atoms with E-state index < -0.39 is 0 Å². The van der Waals surface area contributed by atoms with E-state index in [0.29, 0.717) is 6.04 Å². The Labute approximate surface area is 156 Å². The summed E-state index contributed by atoms with van der Waals surface area (Å²) in [5.74, 6) is 0.191. The first-order chi connectivity index (χ1) is 12.2. The van der Waals surface area contributed by atoms with Crippen LogP contribution in [0.15, 0.2) is 22.9 Å². The van der Waals surface area contributed by atoms with Crippen molar-refractivity contribution in [2.24, 2.45) is 0 Å². The molecule has 2 fully saturated rings. The van der Waals surface area contributed by atoms with Crippen LogP contribution in [-0.4, -0.2) is 59.0 Å². The fourth-order valence-corrected chi connectivity index (χ4v) is 4.77. The number of hydrogen-bond acceptors (Lipinski definition) is 6. The van der Waals surface area contributed by atoms with Crippen LogP contribution >= 0.6 is 22.7 Å². The van der Waals surface area contributed by atoms with Gasteiger partial charge in [-0.15, -0.1) is 22.7 Å². The minimum absolute atomic E-state index is 0.0209. The molecule has 0 bridgehead atoms. The highest BCUT2D eigenvalue weighted by atomic mass is 32.1. The van der Waals surface area contributed by atoms with Gasteiger partial charge in [0.05, 0.1) is 16.6 Å². The van der Waals surface area contributed by atoms with Crippen molar-refractivity contribution >= 4 is 28.6 Å². The number of rotatable bonds is 6. The Morgan fingerprint density at radius 3 is 2.80 bits per heavy atom. The molecular weight excluding hydrogens is 352 g/mol. The molecule has 1 amide bonds. The topological polar surface area (TPSA) is 48.5 Å². The zero-order chi connectivity index (χ0) is 17.2. The molecule has 1 aliphatic carbocycles. The van der Waals surface area contributed by atoms with Crippen LogP contribution < -0.4 is 5.32 Å². The lowest BCUT2D eigenvalue weighted by molar-refractivity contribution is -0.126. The van der Waals surface area contributed by atoms with E-state index in [4.69, 9.17) is 4.98 Å². The van der Waals surface area contributed by atoms with Crippen LogP contribution in [0.4, 0.5) is 0 Å². The van der Waals surface area contributed by atoms with Gasteiger partial charge in [0.25, 0.3) is 0 Å². The van der Waals surface area contributed by atoms with Crippen molar-refractivity contribution in [3.63, 3.8) is 0 Å². The summed E-state index contributed by atoms with van der Waals surface area (Å²) < 4.78 is 0. The Balaban J connectivity index is 1.26. The first-order valence-corrected chi connectivity index (χ1v) is 10.7. The number of carbonyl (C=O) groups is 1. The minimum atomic E-state index is -0.0209. The predicted octanol–water partition coefficient (Wildman–Crippen LogP) is 2.66. The third-order valence-electron chi connectivity index (χ3n) is 4.93. The predicted molar refractivity (Wildman–Crippen MR) is 103 cm³/mol. The molecular formula is C18H24N4OS2. The summed E-state index contributed by atoms with van der Waals surface area (Å²) >= 11 is 3.47. The van der Waals surface area contributed by atoms with Gasteiger partial charge in [-0.25, -0.2) is 4.98 Å². The van der Waals surface area contributed by atoms with E-state index in [0.717, 1.165) is 56.3 Å². The first kappa shape index (κ1) is 17.1. The monoisotopic (exact) mass is 376 g/mol. The van der Waals surface area contributed by atoms with Gasteiger partial charge < -0.3 is 5.32 Å². The van der Waals surface area contributed by atoms with E-state index in [1.54, 1.807) is 22.7 Å². The number of thiazole rings is 1. The molecule has 1 saturated carbocycles. The van der Waals surface area contributed by atoms with Crippen LogP contribution in [0.1, 0.15) is 25.5 Å². The van der Waals surface area contributed by atoms with Crippen molar-refractivity contribution in [2.45, 2.75) is 38.4 Å². The molecule has 134 valence electrons. The second-order valence-electron chi connectivity index (χ2n) is 6.89. The van der Waals surface area contributed by atoms with Gasteiger partial charge in [-0.3, -0.25) is 14.6 Å². The average Bonchev–Trinajstić information content (AvgIpc) is 3.10. The van der Waals surface area contributed by atoms with E-state index in [-0.39, 0.29) is 11.9 Å². The summed E-state index contributed by atoms with van der Waals surface area (Å²) in [5.41, 5.74) is 1.15. The Morgan fingerprint density at radius 1 is 1.32 bits per heavy atom. The van der Waals surface area contributed by atoms with Crippen LogP contribution in [0.5, 0.6) is 0 Å². The molecule has 0 spiro atoms. The lowest BCUT2D eigenvalue weighted by Gasteiger charge is -2.37. The second-order valence-corrected chi connectivity index (χ2v) is 8.70. The SMILES string of the molecule is CC(C(=O)NC1CC1)N1CCN(Cc2csc(-c3cccs3)n2)CC1. The summed E-state index contributed by atoms with van der Waals surface area (Å²) in [6.45, 7) is 6.81. The van der Waals surface area contributed by atoms with Gasteiger partial charge in [-0.1, -0.05) is 6.07 Å². The number of aromatic nitrogens is 1. The van der Waals surface area contributed by atoms with E-state index in [2.05, 4.69) is 38.0 Å². The molecule has 4 rings (SSSR count). The molecule has 0 aromatic carbocycles. The lowest BCUT2D eigenvalue weighted by atomic mass is 10.2. The van der Waals surface area contributed by atoms with Crippen molar-refractivity contribution in [3.8, 4) is 9.88 Å². The number of thiophene rings is 1. The van der Waals surface area contributed by atoms with E-state index in [9.17, 15) is 4.79 Å². The van der Waals surface area contributed by atoms with Crippen LogP contribution in [0.3, 0.4) is 0 Å². The summed E-state index contributed by atoms with van der Waals surface area (Å²) in [5, 5.41) is 8.50. The maximum absolute atomic E-state index is 12.2. The highest BCUT2D eigenvalue weighted by molar-refractivity contribution is 7.20. The quantitative estimate of drug-likeness (QED) is 0.842. The van der Waals surface area contributed by atoms with Gasteiger partial charge in [0.15, 0.2) is 0 Å². The number of nitrogens with zero attached hydrogens (tertiary/aromatic N) is 3. The highest BCUT2D eigenvalue weighted by Gasteiger charge is 2.30. The maximum atomic E-state index is 12.2. The molecule has 1 N–H and O–H groups in total. The Hall–Kier alpha value is -1.28. The minimum Gasteiger partial charge on any atom is -0.352 e. The fraction of sp³-hybridized carbons (Fsp3) is 0.556. The van der Waals surface area contributed by atoms with E-state index in [1.807, 2.05) is 6.92 Å². The normalized spacial score (nSPS) is 20.5. The summed E-state index contributed by atoms with van der Waals surface area (Å²) in [6, 6.07) is 4.62. The molecule has 5 nitrogen and oxygen atoms in total. The first-order valence-electron chi connectivity index (χ1n) is 8.94. The third-order valence-corrected chi connectivity index (χ3v) is 6.86. The van der Waals surface area contributed by atoms with Gasteiger partial charge in [0, 0.05) is 44.1 Å². The van der Waals surface area contributed by atoms with Crippen LogP contribution in [0, 0.1) is 0 Å². The average molecular weight is 377 g/mol. The fourth-order valence-electron chi connectivity index (χ4n) is 3.15. The summed E-state index contributed by atoms with van der Waals surface area (Å²) in [4.78, 5) is 23.0. The molecule has 2 aromatic rings. The molecule has 0 radical (unpaired) electrons. The van der Waals surface area contributed by atoms with Gasteiger partial charge in [-0.2, -0.15) is 0 Å². The van der Waals surface area contributed by atoms with Gasteiger partial charge in [0.1, 0.15) is 5.01 Å². The van der Waals surface area contributed by atoms with Gasteiger partial charge >= 0.3 is 0 Å². The number of nitrogens with one attached hydrogen (secondary N) is 1. The molecule has 1 aliphatic heterocycles. The molecule has 1 atom stereocenters. The van der Waals surface area contributed by atoms with E-state index >= 15 is 0 Å². The van der Waals surface area contributed by atoms with Crippen molar-refractivity contribution in [1.82, 2.24) is 20.1 Å². The van der Waals surface area contributed by atoms with Crippen LogP contribution in [0.2, 0.25) is 0 Å². The molecule has 7 heteroatoms. The van der Waals surface area contributed by atoms with Crippen LogP contribution in [-0.2, 0) is 11.3 Å². The molecule has 2 aromatic heterocycles. The Morgan fingerprint density at radius 2 is 2.12 bits per heavy atom. The Bertz CT molecular complexity index is 702. The van der Waals surface area contributed by atoms with Crippen molar-refractivity contribution in [3.05, 3.63) is 28.6 Å².